The Labute approximate surface area is 202 Å². The first-order valence-corrected chi connectivity index (χ1v) is 10.9. The molecular formula is C24H26ClFN4O4. The van der Waals surface area contributed by atoms with Gasteiger partial charge in [0.2, 0.25) is 5.91 Å². The van der Waals surface area contributed by atoms with Gasteiger partial charge in [0.15, 0.2) is 7.11 Å². The molecule has 10 heteroatoms. The van der Waals surface area contributed by atoms with Crippen molar-refractivity contribution in [2.45, 2.75) is 46.3 Å². The highest BCUT2D eigenvalue weighted by atomic mass is 35.5. The summed E-state index contributed by atoms with van der Waals surface area (Å²) in [5.74, 6) is -3.26. The van der Waals surface area contributed by atoms with Gasteiger partial charge in [-0.25, -0.2) is 4.39 Å². The van der Waals surface area contributed by atoms with Crippen LogP contribution in [0, 0.1) is 11.2 Å². The van der Waals surface area contributed by atoms with Crippen molar-refractivity contribution in [3.05, 3.63) is 64.6 Å². The molecule has 2 amide bonds. The van der Waals surface area contributed by atoms with Crippen molar-refractivity contribution >= 4 is 40.3 Å². The number of carboxylic acid groups (broad SMARTS) is 1. The van der Waals surface area contributed by atoms with Gasteiger partial charge in [0, 0.05) is 5.39 Å². The molecule has 1 heterocycles. The molecule has 0 saturated heterocycles. The highest BCUT2D eigenvalue weighted by Gasteiger charge is 2.35. The van der Waals surface area contributed by atoms with E-state index in [4.69, 9.17) is 18.1 Å². The van der Waals surface area contributed by atoms with Crippen molar-refractivity contribution < 1.29 is 25.3 Å². The molecule has 2 aromatic carbocycles. The molecule has 180 valence electrons. The molecule has 0 fully saturated rings. The first-order valence-electron chi connectivity index (χ1n) is 11.0. The monoisotopic (exact) mass is 489 g/mol. The van der Waals surface area contributed by atoms with Crippen LogP contribution in [0.4, 0.5) is 4.39 Å². The molecule has 0 bridgehead atoms. The van der Waals surface area contributed by atoms with Crippen LogP contribution in [0.3, 0.4) is 0 Å². The number of nitrogens with zero attached hydrogens (tertiary/aromatic N) is 2. The van der Waals surface area contributed by atoms with Gasteiger partial charge in [0.25, 0.3) is 5.91 Å². The maximum atomic E-state index is 13.5. The molecule has 34 heavy (non-hydrogen) atoms. The second kappa shape index (κ2) is 9.80. The summed E-state index contributed by atoms with van der Waals surface area (Å²) in [6.07, 6.45) is 0. The fourth-order valence-electron chi connectivity index (χ4n) is 3.41. The average molecular weight is 490 g/mol. The van der Waals surface area contributed by atoms with Crippen LogP contribution in [0.15, 0.2) is 42.5 Å². The number of hydrogen-bond acceptors (Lipinski definition) is 4. The van der Waals surface area contributed by atoms with E-state index in [-0.39, 0.29) is 18.1 Å². The van der Waals surface area contributed by atoms with Gasteiger partial charge in [-0.05, 0) is 36.1 Å². The van der Waals surface area contributed by atoms with Gasteiger partial charge in [0.05, 0.1) is 17.1 Å². The standard InChI is InChI=1S/C24H26ClFN4O4/c1-13(23(33)34)27-22(32)20(24(2,3)4)28-21(31)18-16-6-5-7-17(25)19(16)30(29-18)12-14-8-10-15(26)11-9-14/h5-11,13,20H,12H2,1-4H3,(H,27,32)(H,28,31)(H,33,34)/t13-,20+/m0/s1/i/hD. The van der Waals surface area contributed by atoms with Gasteiger partial charge in [0.1, 0.15) is 17.9 Å². The Bertz CT molecular complexity index is 1270. The summed E-state index contributed by atoms with van der Waals surface area (Å²) in [5.41, 5.74) is 0.176. The van der Waals surface area contributed by atoms with Crippen molar-refractivity contribution in [3.63, 3.8) is 0 Å². The molecule has 1 aromatic heterocycles. The molecule has 3 rings (SSSR count). The van der Waals surface area contributed by atoms with Crippen LogP contribution in [0.5, 0.6) is 0 Å². The number of amides is 2. The van der Waals surface area contributed by atoms with Gasteiger partial charge in [-0.15, -0.1) is 0 Å². The lowest BCUT2D eigenvalue weighted by atomic mass is 9.85. The van der Waals surface area contributed by atoms with Crippen LogP contribution in [0.25, 0.3) is 10.9 Å². The highest BCUT2D eigenvalue weighted by Crippen LogP contribution is 2.28. The average Bonchev–Trinajstić information content (AvgIpc) is 3.13. The number of para-hydroxylation sites is 1. The number of halogens is 2. The van der Waals surface area contributed by atoms with E-state index < -0.39 is 35.3 Å². The first-order chi connectivity index (χ1) is 16.3. The molecule has 0 unspecified atom stereocenters. The Morgan fingerprint density at radius 2 is 1.85 bits per heavy atom. The second-order valence-electron chi connectivity index (χ2n) is 9.04. The minimum absolute atomic E-state index is 0.0899. The fourth-order valence-corrected chi connectivity index (χ4v) is 3.68. The van der Waals surface area contributed by atoms with E-state index in [1.807, 2.05) is 0 Å². The number of benzene rings is 2. The van der Waals surface area contributed by atoms with Crippen LogP contribution >= 0.6 is 11.6 Å². The second-order valence-corrected chi connectivity index (χ2v) is 9.45. The minimum atomic E-state index is -1.31. The predicted octanol–water partition coefficient (Wildman–Crippen LogP) is 3.61. The van der Waals surface area contributed by atoms with Crippen molar-refractivity contribution in [2.75, 3.05) is 0 Å². The molecule has 8 nitrogen and oxygen atoms in total. The summed E-state index contributed by atoms with van der Waals surface area (Å²) in [5, 5.41) is 17.1. The summed E-state index contributed by atoms with van der Waals surface area (Å²) < 4.78 is 23.4. The molecule has 3 aromatic rings. The summed E-state index contributed by atoms with van der Waals surface area (Å²) >= 11 is 6.41. The number of carbonyl (C=O) groups is 3. The van der Waals surface area contributed by atoms with E-state index in [0.29, 0.717) is 26.8 Å². The Morgan fingerprint density at radius 1 is 1.21 bits per heavy atom. The number of aromatic nitrogens is 2. The molecule has 0 aliphatic rings. The number of nitrogens with one attached hydrogen (secondary N) is 2. The summed E-state index contributed by atoms with van der Waals surface area (Å²) in [6, 6.07) is 8.19. The zero-order valence-electron chi connectivity index (χ0n) is 20.2. The van der Waals surface area contributed by atoms with Crippen LogP contribution in [-0.2, 0) is 16.1 Å². The van der Waals surface area contributed by atoms with Gasteiger partial charge in [-0.2, -0.15) is 5.10 Å². The van der Waals surface area contributed by atoms with Crippen LogP contribution < -0.4 is 10.6 Å². The third kappa shape index (κ3) is 5.53. The minimum Gasteiger partial charge on any atom is -0.480 e. The molecule has 0 aliphatic heterocycles. The highest BCUT2D eigenvalue weighted by molar-refractivity contribution is 6.35. The number of hydrogen-bond donors (Lipinski definition) is 3. The Kier molecular flexibility index (Phi) is 6.83. The van der Waals surface area contributed by atoms with Gasteiger partial charge in [-0.3, -0.25) is 19.1 Å². The van der Waals surface area contributed by atoms with Crippen molar-refractivity contribution in [1.29, 1.82) is 0 Å². The van der Waals surface area contributed by atoms with E-state index >= 15 is 0 Å². The molecule has 2 atom stereocenters. The maximum Gasteiger partial charge on any atom is 0.325 e. The van der Waals surface area contributed by atoms with Gasteiger partial charge >= 0.3 is 5.97 Å². The largest absolute Gasteiger partial charge is 0.480 e. The van der Waals surface area contributed by atoms with Gasteiger partial charge < -0.3 is 15.7 Å². The van der Waals surface area contributed by atoms with Crippen LogP contribution in [0.1, 0.15) is 43.7 Å². The summed E-state index contributed by atoms with van der Waals surface area (Å²) in [7, 11) is 0. The number of carbonyl (C=O) groups excluding carboxylic acids is 2. The number of fused-ring (bicyclic) bond motifs is 1. The van der Waals surface area contributed by atoms with Crippen LogP contribution in [0.2, 0.25) is 6.43 Å². The normalized spacial score (nSPS) is 13.8. The number of carboxylic acids is 1. The van der Waals surface area contributed by atoms with E-state index in [0.717, 1.165) is 0 Å². The Hall–Kier alpha value is -3.46. The van der Waals surface area contributed by atoms with E-state index in [9.17, 15) is 18.8 Å². The third-order valence-corrected chi connectivity index (χ3v) is 5.52. The third-order valence-electron chi connectivity index (χ3n) is 5.21. The van der Waals surface area contributed by atoms with E-state index in [2.05, 4.69) is 10.4 Å². The number of aliphatic carboxylic acids is 1. The fraction of sp³-hybridized carbons (Fsp3) is 0.333. The van der Waals surface area contributed by atoms with Crippen molar-refractivity contribution in [1.82, 2.24) is 20.4 Å². The summed E-state index contributed by atoms with van der Waals surface area (Å²) in [6.45, 7) is 6.48. The Balaban J connectivity index is 2.02. The SMILES string of the molecule is [2H]N(C(=O)c1nn(Cc2ccc(F)cc2)c2c(Cl)cccc12)[C@H](C(=O)N[C@@H](C)C(=O)O)C(C)(C)C. The summed E-state index contributed by atoms with van der Waals surface area (Å²) in [4.78, 5) is 37.6. The maximum absolute atomic E-state index is 13.5. The first kappa shape index (κ1) is 23.7. The van der Waals surface area contributed by atoms with E-state index in [1.54, 1.807) is 51.1 Å². The zero-order valence-corrected chi connectivity index (χ0v) is 19.9. The Morgan fingerprint density at radius 3 is 2.44 bits per heavy atom. The lowest BCUT2D eigenvalue weighted by Gasteiger charge is -2.30. The molecule has 0 radical (unpaired) electrons. The van der Waals surface area contributed by atoms with Crippen molar-refractivity contribution in [2.24, 2.45) is 5.41 Å². The molecule has 0 spiro atoms. The number of rotatable bonds is 7. The topological polar surface area (TPSA) is 113 Å². The molecule has 0 saturated carbocycles. The van der Waals surface area contributed by atoms with Crippen LogP contribution in [-0.4, -0.2) is 44.8 Å². The van der Waals surface area contributed by atoms with E-state index in [1.165, 1.54) is 23.7 Å². The molecule has 0 aliphatic carbocycles. The van der Waals surface area contributed by atoms with Gasteiger partial charge in [-0.1, -0.05) is 56.6 Å². The van der Waals surface area contributed by atoms with Crippen molar-refractivity contribution in [3.8, 4) is 0 Å². The molecular weight excluding hydrogens is 463 g/mol. The quantitative estimate of drug-likeness (QED) is 0.469. The zero-order chi connectivity index (χ0) is 26.1. The smallest absolute Gasteiger partial charge is 0.325 e. The predicted molar refractivity (Wildman–Crippen MR) is 126 cm³/mol. The lowest BCUT2D eigenvalue weighted by molar-refractivity contribution is -0.142. The lowest BCUT2D eigenvalue weighted by Crippen LogP contribution is -2.56. The molecule has 3 N–H and O–H groups in total.